The number of hydrogen-bond donors (Lipinski definition) is 0. The number of benzene rings is 3. The van der Waals surface area contributed by atoms with E-state index in [1.165, 1.54) is 22.3 Å². The Kier molecular flexibility index (Phi) is 4.29. The van der Waals surface area contributed by atoms with Gasteiger partial charge in [0.15, 0.2) is 0 Å². The minimum absolute atomic E-state index is 0.259. The largest absolute Gasteiger partial charge is 0.439 e. The highest BCUT2D eigenvalue weighted by Gasteiger charge is 2.41. The molecule has 2 heterocycles. The maximum Gasteiger partial charge on any atom is 0.219 e. The van der Waals surface area contributed by atoms with Crippen molar-refractivity contribution in [3.8, 4) is 33.9 Å². The van der Waals surface area contributed by atoms with Crippen LogP contribution in [0, 0.1) is 0 Å². The van der Waals surface area contributed by atoms with E-state index in [0.29, 0.717) is 11.6 Å². The number of ether oxygens (including phenoxy) is 1. The van der Waals surface area contributed by atoms with Crippen LogP contribution in [0.3, 0.4) is 0 Å². The summed E-state index contributed by atoms with van der Waals surface area (Å²) in [6.07, 6.45) is 3.50. The van der Waals surface area contributed by atoms with Gasteiger partial charge in [-0.25, -0.2) is 4.98 Å². The van der Waals surface area contributed by atoms with Gasteiger partial charge >= 0.3 is 0 Å². The highest BCUT2D eigenvalue weighted by Crippen LogP contribution is 2.52. The van der Waals surface area contributed by atoms with Gasteiger partial charge in [0.25, 0.3) is 0 Å². The molecule has 0 saturated carbocycles. The van der Waals surface area contributed by atoms with Crippen LogP contribution in [-0.2, 0) is 5.41 Å². The summed E-state index contributed by atoms with van der Waals surface area (Å²) in [5.41, 5.74) is 7.86. The van der Waals surface area contributed by atoms with Crippen molar-refractivity contribution in [1.82, 2.24) is 9.97 Å². The summed E-state index contributed by atoms with van der Waals surface area (Å²) in [7, 11) is 0. The number of pyridine rings is 2. The molecule has 0 N–H and O–H groups in total. The zero-order chi connectivity index (χ0) is 23.1. The molecule has 5 aromatic rings. The van der Waals surface area contributed by atoms with Crippen LogP contribution in [-0.4, -0.2) is 9.97 Å². The van der Waals surface area contributed by atoms with Crippen molar-refractivity contribution < 1.29 is 6.11 Å². The second-order valence-corrected chi connectivity index (χ2v) is 8.36. The summed E-state index contributed by atoms with van der Waals surface area (Å²) in [5.74, 6) is 0.952. The molecule has 0 saturated heterocycles. The van der Waals surface area contributed by atoms with Crippen LogP contribution in [0.1, 0.15) is 25.1 Å². The van der Waals surface area contributed by atoms with Gasteiger partial charge in [-0.1, -0.05) is 60.7 Å². The molecular weight excluding hydrogens is 404 g/mol. The molecule has 3 aromatic carbocycles. The first-order valence-electron chi connectivity index (χ1n) is 11.5. The third kappa shape index (κ3) is 3.21. The van der Waals surface area contributed by atoms with E-state index in [9.17, 15) is 0 Å². The molecule has 3 heteroatoms. The van der Waals surface area contributed by atoms with Gasteiger partial charge in [0, 0.05) is 18.4 Å². The van der Waals surface area contributed by atoms with Crippen LogP contribution in [0.15, 0.2) is 115 Å². The molecule has 0 spiro atoms. The molecule has 3 nitrogen and oxygen atoms in total. The number of aromatic nitrogens is 2. The first-order chi connectivity index (χ1) is 16.6. The molecular formula is C30H22N2O. The lowest BCUT2D eigenvalue weighted by Crippen LogP contribution is -2.23. The molecule has 1 aliphatic rings. The van der Waals surface area contributed by atoms with E-state index >= 15 is 0 Å². The average Bonchev–Trinajstić information content (AvgIpc) is 3.15. The number of rotatable bonds is 4. The molecule has 0 bridgehead atoms. The van der Waals surface area contributed by atoms with Crippen LogP contribution in [0.5, 0.6) is 11.6 Å². The molecule has 33 heavy (non-hydrogen) atoms. The van der Waals surface area contributed by atoms with Crippen LogP contribution < -0.4 is 4.74 Å². The minimum Gasteiger partial charge on any atom is -0.439 e. The fraction of sp³-hybridized carbons (Fsp3) is 0.0667. The third-order valence-corrected chi connectivity index (χ3v) is 6.45. The van der Waals surface area contributed by atoms with Crippen LogP contribution >= 0.6 is 0 Å². The molecule has 0 fully saturated rings. The van der Waals surface area contributed by atoms with Gasteiger partial charge in [-0.2, -0.15) is 0 Å². The summed E-state index contributed by atoms with van der Waals surface area (Å²) in [4.78, 5) is 8.94. The summed E-state index contributed by atoms with van der Waals surface area (Å²) in [6.45, 7) is 2.26. The van der Waals surface area contributed by atoms with Gasteiger partial charge in [-0.15, -0.1) is 0 Å². The topological polar surface area (TPSA) is 35.0 Å². The molecule has 0 radical (unpaired) electrons. The molecule has 1 atom stereocenters. The predicted molar refractivity (Wildman–Crippen MR) is 131 cm³/mol. The second kappa shape index (κ2) is 7.72. The lowest BCUT2D eigenvalue weighted by molar-refractivity contribution is 0.463. The van der Waals surface area contributed by atoms with Gasteiger partial charge in [0.05, 0.1) is 12.5 Å². The Morgan fingerprint density at radius 3 is 2.36 bits per heavy atom. The zero-order valence-electron chi connectivity index (χ0n) is 19.2. The van der Waals surface area contributed by atoms with E-state index in [-0.39, 0.29) is 11.5 Å². The van der Waals surface area contributed by atoms with E-state index in [1.54, 1.807) is 18.3 Å². The van der Waals surface area contributed by atoms with E-state index in [4.69, 9.17) is 11.1 Å². The molecule has 0 aliphatic heterocycles. The predicted octanol–water partition coefficient (Wildman–Crippen LogP) is 7.27. The van der Waals surface area contributed by atoms with E-state index in [2.05, 4.69) is 72.6 Å². The third-order valence-electron chi connectivity index (χ3n) is 6.45. The Hall–Kier alpha value is -4.24. The lowest BCUT2D eigenvalue weighted by Gasteiger charge is -2.27. The summed E-state index contributed by atoms with van der Waals surface area (Å²) in [5, 5.41) is 0. The van der Waals surface area contributed by atoms with Crippen molar-refractivity contribution in [3.05, 3.63) is 132 Å². The van der Waals surface area contributed by atoms with Gasteiger partial charge in [0.1, 0.15) is 5.75 Å². The van der Waals surface area contributed by atoms with Crippen molar-refractivity contribution in [2.75, 3.05) is 0 Å². The molecule has 158 valence electrons. The van der Waals surface area contributed by atoms with Crippen LogP contribution in [0.2, 0.25) is 0 Å². The molecule has 6 rings (SSSR count). The summed E-state index contributed by atoms with van der Waals surface area (Å²) in [6, 6.07) is 33.0. The number of fused-ring (bicyclic) bond motifs is 3. The average molecular weight is 428 g/mol. The normalized spacial score (nSPS) is 16.6. The van der Waals surface area contributed by atoms with Gasteiger partial charge in [0.2, 0.25) is 5.88 Å². The van der Waals surface area contributed by atoms with Crippen LogP contribution in [0.25, 0.3) is 22.3 Å². The quantitative estimate of drug-likeness (QED) is 0.302. The number of nitrogens with zero attached hydrogens (tertiary/aromatic N) is 2. The Labute approximate surface area is 194 Å². The molecule has 1 aliphatic carbocycles. The molecule has 2 aromatic heterocycles. The Balaban J connectivity index is 1.46. The Bertz CT molecular complexity index is 1520. The maximum absolute atomic E-state index is 8.02. The van der Waals surface area contributed by atoms with E-state index in [1.807, 2.05) is 30.5 Å². The van der Waals surface area contributed by atoms with Gasteiger partial charge < -0.3 is 4.74 Å². The van der Waals surface area contributed by atoms with Crippen molar-refractivity contribution in [2.45, 2.75) is 12.3 Å². The minimum atomic E-state index is -0.342. The van der Waals surface area contributed by atoms with Crippen LogP contribution in [0.4, 0.5) is 0 Å². The van der Waals surface area contributed by atoms with Crippen molar-refractivity contribution in [3.63, 3.8) is 0 Å². The first kappa shape index (κ1) is 18.3. The van der Waals surface area contributed by atoms with Crippen molar-refractivity contribution in [2.24, 2.45) is 0 Å². The van der Waals surface area contributed by atoms with Crippen molar-refractivity contribution >= 4 is 0 Å². The first-order valence-corrected chi connectivity index (χ1v) is 11.0. The van der Waals surface area contributed by atoms with Gasteiger partial charge in [-0.3, -0.25) is 4.98 Å². The maximum atomic E-state index is 8.02. The molecule has 0 amide bonds. The SMILES string of the molecule is [2H]c1cccnc1Oc1cccc(-c2ccc3c(c2)C(C)(c2ccccn2)c2ccccc2-3)c1. The highest BCUT2D eigenvalue weighted by molar-refractivity contribution is 5.85. The van der Waals surface area contributed by atoms with Crippen molar-refractivity contribution in [1.29, 1.82) is 0 Å². The zero-order valence-corrected chi connectivity index (χ0v) is 18.2. The number of hydrogen-bond acceptors (Lipinski definition) is 3. The van der Waals surface area contributed by atoms with E-state index < -0.39 is 0 Å². The second-order valence-electron chi connectivity index (χ2n) is 8.36. The fourth-order valence-electron chi connectivity index (χ4n) is 4.82. The smallest absolute Gasteiger partial charge is 0.219 e. The lowest BCUT2D eigenvalue weighted by atomic mass is 9.76. The summed E-state index contributed by atoms with van der Waals surface area (Å²) < 4.78 is 13.9. The summed E-state index contributed by atoms with van der Waals surface area (Å²) >= 11 is 0. The monoisotopic (exact) mass is 427 g/mol. The highest BCUT2D eigenvalue weighted by atomic mass is 16.5. The Morgan fingerprint density at radius 2 is 1.48 bits per heavy atom. The van der Waals surface area contributed by atoms with E-state index in [0.717, 1.165) is 16.8 Å². The Morgan fingerprint density at radius 1 is 0.697 bits per heavy atom. The van der Waals surface area contributed by atoms with Gasteiger partial charge in [-0.05, 0) is 76.7 Å². The fourth-order valence-corrected chi connectivity index (χ4v) is 4.82. The standard InChI is InChI=1S/C30H22N2O/c1-30(28-13-4-6-17-31-28)26-12-3-2-11-24(26)25-16-15-22(20-27(25)30)21-9-8-10-23(19-21)33-29-14-5-7-18-32-29/h2-20H,1H3/i14D. The molecule has 1 unspecified atom stereocenters.